The summed E-state index contributed by atoms with van der Waals surface area (Å²) in [6.07, 6.45) is 1.71. The Bertz CT molecular complexity index is 964. The summed E-state index contributed by atoms with van der Waals surface area (Å²) in [5.74, 6) is -0.607. The van der Waals surface area contributed by atoms with Crippen LogP contribution >= 0.6 is 15.9 Å². The number of aromatic nitrogens is 2. The van der Waals surface area contributed by atoms with Gasteiger partial charge in [-0.15, -0.1) is 0 Å². The van der Waals surface area contributed by atoms with E-state index >= 15 is 0 Å². The van der Waals surface area contributed by atoms with Crippen molar-refractivity contribution in [3.63, 3.8) is 0 Å². The number of amides is 3. The maximum Gasteiger partial charge on any atom is 0.323 e. The lowest BCUT2D eigenvalue weighted by atomic mass is 10.1. The second kappa shape index (κ2) is 7.40. The highest BCUT2D eigenvalue weighted by Gasteiger charge is 2.12. The van der Waals surface area contributed by atoms with Gasteiger partial charge in [-0.3, -0.25) is 9.48 Å². The lowest BCUT2D eigenvalue weighted by Gasteiger charge is -2.11. The Hall–Kier alpha value is -3.13. The van der Waals surface area contributed by atoms with E-state index < -0.39 is 11.9 Å². The summed E-state index contributed by atoms with van der Waals surface area (Å²) in [7, 11) is 1.84. The molecule has 4 N–H and O–H groups in total. The first-order chi connectivity index (χ1) is 12.5. The third-order valence-corrected chi connectivity index (χ3v) is 4.31. The van der Waals surface area contributed by atoms with Gasteiger partial charge in [0.1, 0.15) is 0 Å². The molecular weight excluding hydrogens is 398 g/mol. The van der Waals surface area contributed by atoms with Crippen LogP contribution in [0.2, 0.25) is 0 Å². The number of hydrogen-bond donors (Lipinski definition) is 3. The number of carbonyl (C=O) groups is 2. The van der Waals surface area contributed by atoms with Crippen LogP contribution in [0.5, 0.6) is 0 Å². The van der Waals surface area contributed by atoms with Crippen LogP contribution in [0.3, 0.4) is 0 Å². The lowest BCUT2D eigenvalue weighted by molar-refractivity contribution is 0.100. The molecule has 3 rings (SSSR count). The number of primary amides is 1. The number of hydrogen-bond acceptors (Lipinski definition) is 3. The third-order valence-electron chi connectivity index (χ3n) is 3.73. The number of aryl methyl sites for hydroxylation is 1. The minimum Gasteiger partial charge on any atom is -0.366 e. The molecule has 0 bridgehead atoms. The number of benzene rings is 2. The Morgan fingerprint density at radius 1 is 1.12 bits per heavy atom. The first-order valence-corrected chi connectivity index (χ1v) is 8.50. The fourth-order valence-electron chi connectivity index (χ4n) is 2.57. The number of urea groups is 1. The molecule has 132 valence electrons. The number of nitrogens with one attached hydrogen (secondary N) is 2. The molecule has 7 nitrogen and oxygen atoms in total. The molecule has 0 saturated heterocycles. The van der Waals surface area contributed by atoms with Gasteiger partial charge in [-0.05, 0) is 40.2 Å². The summed E-state index contributed by atoms with van der Waals surface area (Å²) in [5.41, 5.74) is 8.31. The van der Waals surface area contributed by atoms with Crippen molar-refractivity contribution >= 4 is 39.2 Å². The highest BCUT2D eigenvalue weighted by molar-refractivity contribution is 9.10. The summed E-state index contributed by atoms with van der Waals surface area (Å²) < 4.78 is 2.60. The predicted molar refractivity (Wildman–Crippen MR) is 104 cm³/mol. The number of nitrogens with zero attached hydrogens (tertiary/aromatic N) is 2. The SMILES string of the molecule is Cn1ncc(Br)c1-c1cccc(NC(=O)Nc2ccccc2C(N)=O)c1. The molecule has 0 aliphatic rings. The van der Waals surface area contributed by atoms with Gasteiger partial charge >= 0.3 is 6.03 Å². The van der Waals surface area contributed by atoms with Crippen molar-refractivity contribution in [1.29, 1.82) is 0 Å². The Kier molecular flexibility index (Phi) is 5.04. The highest BCUT2D eigenvalue weighted by atomic mass is 79.9. The smallest absolute Gasteiger partial charge is 0.323 e. The molecule has 0 radical (unpaired) electrons. The fraction of sp³-hybridized carbons (Fsp3) is 0.0556. The standard InChI is InChI=1S/C18H16BrN5O2/c1-24-16(14(19)10-21-24)11-5-4-6-12(9-11)22-18(26)23-15-8-3-2-7-13(15)17(20)25/h2-10H,1H3,(H2,20,25)(H2,22,23,26). The maximum atomic E-state index is 12.3. The van der Waals surface area contributed by atoms with E-state index in [2.05, 4.69) is 31.7 Å². The van der Waals surface area contributed by atoms with Gasteiger partial charge in [0.05, 0.1) is 27.6 Å². The molecule has 3 amide bonds. The van der Waals surface area contributed by atoms with Crippen LogP contribution in [-0.4, -0.2) is 21.7 Å². The summed E-state index contributed by atoms with van der Waals surface area (Å²) in [6.45, 7) is 0. The zero-order valence-electron chi connectivity index (χ0n) is 13.9. The van der Waals surface area contributed by atoms with Gasteiger partial charge < -0.3 is 16.4 Å². The Morgan fingerprint density at radius 2 is 1.88 bits per heavy atom. The second-order valence-corrected chi connectivity index (χ2v) is 6.39. The van der Waals surface area contributed by atoms with Crippen molar-refractivity contribution in [1.82, 2.24) is 9.78 Å². The Balaban J connectivity index is 1.79. The van der Waals surface area contributed by atoms with Crippen LogP contribution in [0.25, 0.3) is 11.3 Å². The molecule has 0 aliphatic carbocycles. The van der Waals surface area contributed by atoms with Crippen LogP contribution < -0.4 is 16.4 Å². The van der Waals surface area contributed by atoms with Gasteiger partial charge in [-0.25, -0.2) is 4.79 Å². The van der Waals surface area contributed by atoms with Gasteiger partial charge in [-0.1, -0.05) is 24.3 Å². The van der Waals surface area contributed by atoms with Crippen molar-refractivity contribution in [2.45, 2.75) is 0 Å². The number of halogens is 1. The summed E-state index contributed by atoms with van der Waals surface area (Å²) in [6, 6.07) is 13.5. The molecule has 2 aromatic carbocycles. The molecule has 0 spiro atoms. The largest absolute Gasteiger partial charge is 0.366 e. The number of nitrogens with two attached hydrogens (primary N) is 1. The topological polar surface area (TPSA) is 102 Å². The Labute approximate surface area is 158 Å². The quantitative estimate of drug-likeness (QED) is 0.608. The molecule has 26 heavy (non-hydrogen) atoms. The fourth-order valence-corrected chi connectivity index (χ4v) is 3.15. The van der Waals surface area contributed by atoms with Crippen LogP contribution in [0.15, 0.2) is 59.2 Å². The van der Waals surface area contributed by atoms with E-state index in [1.807, 2.05) is 25.2 Å². The Morgan fingerprint density at radius 3 is 2.58 bits per heavy atom. The molecule has 1 heterocycles. The van der Waals surface area contributed by atoms with Crippen LogP contribution in [0, 0.1) is 0 Å². The summed E-state index contributed by atoms with van der Waals surface area (Å²) >= 11 is 3.47. The van der Waals surface area contributed by atoms with E-state index in [1.165, 1.54) is 0 Å². The van der Waals surface area contributed by atoms with E-state index in [9.17, 15) is 9.59 Å². The molecule has 1 aromatic heterocycles. The number of carbonyl (C=O) groups excluding carboxylic acids is 2. The highest BCUT2D eigenvalue weighted by Crippen LogP contribution is 2.29. The first kappa shape index (κ1) is 17.7. The number of para-hydroxylation sites is 1. The zero-order valence-corrected chi connectivity index (χ0v) is 15.4. The van der Waals surface area contributed by atoms with Crippen LogP contribution in [0.1, 0.15) is 10.4 Å². The average Bonchev–Trinajstić information content (AvgIpc) is 2.94. The van der Waals surface area contributed by atoms with Gasteiger partial charge in [0.15, 0.2) is 0 Å². The molecular formula is C18H16BrN5O2. The minimum absolute atomic E-state index is 0.246. The van der Waals surface area contributed by atoms with Crippen molar-refractivity contribution in [2.24, 2.45) is 12.8 Å². The van der Waals surface area contributed by atoms with E-state index in [0.717, 1.165) is 15.7 Å². The van der Waals surface area contributed by atoms with Gasteiger partial charge in [0, 0.05) is 18.3 Å². The van der Waals surface area contributed by atoms with Crippen LogP contribution in [0.4, 0.5) is 16.2 Å². The summed E-state index contributed by atoms with van der Waals surface area (Å²) in [5, 5.41) is 9.58. The molecule has 0 saturated carbocycles. The van der Waals surface area contributed by atoms with Gasteiger partial charge in [-0.2, -0.15) is 5.10 Å². The normalized spacial score (nSPS) is 10.4. The van der Waals surface area contributed by atoms with Crippen molar-refractivity contribution in [3.8, 4) is 11.3 Å². The van der Waals surface area contributed by atoms with Crippen molar-refractivity contribution < 1.29 is 9.59 Å². The van der Waals surface area contributed by atoms with E-state index in [4.69, 9.17) is 5.73 Å². The van der Waals surface area contributed by atoms with E-state index in [1.54, 1.807) is 41.2 Å². The summed E-state index contributed by atoms with van der Waals surface area (Å²) in [4.78, 5) is 23.7. The maximum absolute atomic E-state index is 12.3. The first-order valence-electron chi connectivity index (χ1n) is 7.70. The number of anilines is 2. The average molecular weight is 414 g/mol. The van der Waals surface area contributed by atoms with E-state index in [0.29, 0.717) is 11.4 Å². The molecule has 0 fully saturated rings. The third kappa shape index (κ3) is 3.75. The zero-order chi connectivity index (χ0) is 18.7. The molecule has 0 unspecified atom stereocenters. The van der Waals surface area contributed by atoms with Crippen LogP contribution in [-0.2, 0) is 7.05 Å². The molecule has 0 atom stereocenters. The second-order valence-electron chi connectivity index (χ2n) is 5.53. The lowest BCUT2D eigenvalue weighted by Crippen LogP contribution is -2.22. The predicted octanol–water partition coefficient (Wildman–Crippen LogP) is 3.59. The van der Waals surface area contributed by atoms with Crippen molar-refractivity contribution in [2.75, 3.05) is 10.6 Å². The van der Waals surface area contributed by atoms with Gasteiger partial charge in [0.2, 0.25) is 0 Å². The molecule has 0 aliphatic heterocycles. The van der Waals surface area contributed by atoms with E-state index in [-0.39, 0.29) is 5.56 Å². The molecule has 8 heteroatoms. The molecule has 3 aromatic rings. The van der Waals surface area contributed by atoms with Crippen molar-refractivity contribution in [3.05, 3.63) is 64.8 Å². The monoisotopic (exact) mass is 413 g/mol. The minimum atomic E-state index is -0.607. The van der Waals surface area contributed by atoms with Gasteiger partial charge in [0.25, 0.3) is 5.91 Å². The number of rotatable bonds is 4.